The van der Waals surface area contributed by atoms with Crippen LogP contribution in [0.25, 0.3) is 11.1 Å². The molecule has 0 fully saturated rings. The van der Waals surface area contributed by atoms with Gasteiger partial charge in [0.15, 0.2) is 0 Å². The Kier molecular flexibility index (Phi) is 7.11. The normalized spacial score (nSPS) is 11.4. The molecule has 0 unspecified atom stereocenters. The third-order valence-corrected chi connectivity index (χ3v) is 4.75. The number of hydrogen-bond donors (Lipinski definition) is 2. The number of rotatable bonds is 8. The number of hydrogen-bond acceptors (Lipinski definition) is 3. The third-order valence-electron chi connectivity index (χ3n) is 4.75. The average molecular weight is 400 g/mol. The molecule has 152 valence electrons. The summed E-state index contributed by atoms with van der Waals surface area (Å²) in [5.74, 6) is -0.306. The van der Waals surface area contributed by atoms with E-state index in [-0.39, 0.29) is 17.9 Å². The van der Waals surface area contributed by atoms with Gasteiger partial charge < -0.3 is 15.4 Å². The van der Waals surface area contributed by atoms with Crippen LogP contribution in [-0.4, -0.2) is 24.1 Å². The molecule has 0 saturated carbocycles. The second-order valence-corrected chi connectivity index (χ2v) is 7.09. The number of amides is 2. The van der Waals surface area contributed by atoms with E-state index in [1.807, 2.05) is 61.5 Å². The summed E-state index contributed by atoms with van der Waals surface area (Å²) in [6.07, 6.45) is 1.92. The van der Waals surface area contributed by atoms with Gasteiger partial charge in [0.1, 0.15) is 6.29 Å². The lowest BCUT2D eigenvalue weighted by atomic mass is 10.0. The van der Waals surface area contributed by atoms with Crippen molar-refractivity contribution in [3.8, 4) is 11.1 Å². The van der Waals surface area contributed by atoms with E-state index in [9.17, 15) is 14.4 Å². The van der Waals surface area contributed by atoms with Gasteiger partial charge in [-0.05, 0) is 60.9 Å². The largest absolute Gasteiger partial charge is 0.350 e. The zero-order valence-electron chi connectivity index (χ0n) is 16.8. The van der Waals surface area contributed by atoms with Crippen LogP contribution in [0.3, 0.4) is 0 Å². The molecule has 0 aromatic heterocycles. The molecular weight excluding hydrogens is 376 g/mol. The predicted octanol–water partition coefficient (Wildman–Crippen LogP) is 4.70. The summed E-state index contributed by atoms with van der Waals surface area (Å²) in [5, 5.41) is 5.77. The van der Waals surface area contributed by atoms with Gasteiger partial charge in [0.05, 0.1) is 0 Å². The van der Waals surface area contributed by atoms with Crippen molar-refractivity contribution < 1.29 is 14.4 Å². The summed E-state index contributed by atoms with van der Waals surface area (Å²) in [5.41, 5.74) is 3.85. The maximum atomic E-state index is 12.3. The molecule has 3 aromatic carbocycles. The van der Waals surface area contributed by atoms with Crippen molar-refractivity contribution in [1.29, 1.82) is 0 Å². The molecule has 2 N–H and O–H groups in total. The molecule has 0 aliphatic carbocycles. The Balaban J connectivity index is 1.62. The summed E-state index contributed by atoms with van der Waals surface area (Å²) >= 11 is 0. The predicted molar refractivity (Wildman–Crippen MR) is 118 cm³/mol. The summed E-state index contributed by atoms with van der Waals surface area (Å²) in [7, 11) is 0. The Labute approximate surface area is 176 Å². The fourth-order valence-electron chi connectivity index (χ4n) is 3.05. The minimum Gasteiger partial charge on any atom is -0.350 e. The van der Waals surface area contributed by atoms with E-state index in [2.05, 4.69) is 10.6 Å². The molecule has 0 bridgehead atoms. The Morgan fingerprint density at radius 3 is 1.97 bits per heavy atom. The molecule has 1 atom stereocenters. The van der Waals surface area contributed by atoms with Gasteiger partial charge in [-0.25, -0.2) is 0 Å². The first-order valence-electron chi connectivity index (χ1n) is 9.88. The Hall–Kier alpha value is -3.73. The van der Waals surface area contributed by atoms with E-state index in [0.717, 1.165) is 17.4 Å². The second kappa shape index (κ2) is 10.2. The first-order chi connectivity index (χ1) is 14.6. The van der Waals surface area contributed by atoms with E-state index in [0.29, 0.717) is 29.7 Å². The van der Waals surface area contributed by atoms with Crippen LogP contribution >= 0.6 is 0 Å². The lowest BCUT2D eigenvalue weighted by Crippen LogP contribution is -2.32. The topological polar surface area (TPSA) is 75.3 Å². The highest BCUT2D eigenvalue weighted by Gasteiger charge is 2.10. The summed E-state index contributed by atoms with van der Waals surface area (Å²) in [4.78, 5) is 35.0. The number of nitrogens with one attached hydrogen (secondary N) is 2. The van der Waals surface area contributed by atoms with Crippen LogP contribution in [0.2, 0.25) is 0 Å². The van der Waals surface area contributed by atoms with Gasteiger partial charge in [-0.1, -0.05) is 42.5 Å². The quantitative estimate of drug-likeness (QED) is 0.538. The molecule has 0 aliphatic heterocycles. The molecule has 5 heteroatoms. The van der Waals surface area contributed by atoms with Crippen molar-refractivity contribution in [3.63, 3.8) is 0 Å². The molecule has 5 nitrogen and oxygen atoms in total. The van der Waals surface area contributed by atoms with Crippen molar-refractivity contribution in [3.05, 3.63) is 90.0 Å². The number of aldehydes is 1. The summed E-state index contributed by atoms with van der Waals surface area (Å²) in [6.45, 7) is 1.88. The van der Waals surface area contributed by atoms with Gasteiger partial charge in [-0.3, -0.25) is 9.59 Å². The van der Waals surface area contributed by atoms with Crippen molar-refractivity contribution in [2.45, 2.75) is 25.8 Å². The second-order valence-electron chi connectivity index (χ2n) is 7.09. The Morgan fingerprint density at radius 1 is 0.800 bits per heavy atom. The Morgan fingerprint density at radius 2 is 1.37 bits per heavy atom. The van der Waals surface area contributed by atoms with Gasteiger partial charge in [0.25, 0.3) is 11.8 Å². The standard InChI is InChI=1S/C25H24N2O3/c1-18(6-5-17-28)26-24(29)22-11-9-19(10-12-22)20-13-15-23(16-14-20)27-25(30)21-7-3-2-4-8-21/h2-4,7-18H,5-6H2,1H3,(H,26,29)(H,27,30)/t18-/m1/s1. The number of benzene rings is 3. The van der Waals surface area contributed by atoms with Crippen molar-refractivity contribution in [2.75, 3.05) is 5.32 Å². The van der Waals surface area contributed by atoms with E-state index in [1.165, 1.54) is 0 Å². The molecule has 0 saturated heterocycles. The monoisotopic (exact) mass is 400 g/mol. The van der Waals surface area contributed by atoms with Crippen molar-refractivity contribution in [1.82, 2.24) is 5.32 Å². The van der Waals surface area contributed by atoms with Crippen molar-refractivity contribution >= 4 is 23.8 Å². The summed E-state index contributed by atoms with van der Waals surface area (Å²) in [6, 6.07) is 23.9. The number of carbonyl (C=O) groups is 3. The first-order valence-corrected chi connectivity index (χ1v) is 9.88. The van der Waals surface area contributed by atoms with Gasteiger partial charge in [-0.2, -0.15) is 0 Å². The zero-order valence-corrected chi connectivity index (χ0v) is 16.8. The van der Waals surface area contributed by atoms with E-state index in [1.54, 1.807) is 24.3 Å². The van der Waals surface area contributed by atoms with E-state index < -0.39 is 0 Å². The third kappa shape index (κ3) is 5.64. The first kappa shape index (κ1) is 21.0. The molecule has 30 heavy (non-hydrogen) atoms. The minimum atomic E-state index is -0.154. The van der Waals surface area contributed by atoms with Crippen LogP contribution in [0.5, 0.6) is 0 Å². The molecule has 0 aliphatic rings. The highest BCUT2D eigenvalue weighted by molar-refractivity contribution is 6.04. The van der Waals surface area contributed by atoms with Crippen LogP contribution in [0.1, 0.15) is 40.5 Å². The lowest BCUT2D eigenvalue weighted by molar-refractivity contribution is -0.108. The van der Waals surface area contributed by atoms with Crippen LogP contribution < -0.4 is 10.6 Å². The highest BCUT2D eigenvalue weighted by atomic mass is 16.2. The van der Waals surface area contributed by atoms with Gasteiger partial charge in [0.2, 0.25) is 0 Å². The fourth-order valence-corrected chi connectivity index (χ4v) is 3.05. The molecule has 0 radical (unpaired) electrons. The average Bonchev–Trinajstić information content (AvgIpc) is 2.79. The van der Waals surface area contributed by atoms with Crippen LogP contribution in [0, 0.1) is 0 Å². The zero-order chi connectivity index (χ0) is 21.3. The number of carbonyl (C=O) groups excluding carboxylic acids is 3. The molecule has 3 rings (SSSR count). The molecule has 0 spiro atoms. The van der Waals surface area contributed by atoms with Crippen molar-refractivity contribution in [2.24, 2.45) is 0 Å². The SMILES string of the molecule is C[C@H](CCC=O)NC(=O)c1ccc(-c2ccc(NC(=O)c3ccccc3)cc2)cc1. The highest BCUT2D eigenvalue weighted by Crippen LogP contribution is 2.22. The fraction of sp³-hybridized carbons (Fsp3) is 0.160. The van der Waals surface area contributed by atoms with Gasteiger partial charge in [0, 0.05) is 29.3 Å². The lowest BCUT2D eigenvalue weighted by Gasteiger charge is -2.12. The molecule has 3 aromatic rings. The maximum absolute atomic E-state index is 12.3. The maximum Gasteiger partial charge on any atom is 0.255 e. The van der Waals surface area contributed by atoms with Crippen LogP contribution in [-0.2, 0) is 4.79 Å². The van der Waals surface area contributed by atoms with E-state index >= 15 is 0 Å². The van der Waals surface area contributed by atoms with Gasteiger partial charge >= 0.3 is 0 Å². The smallest absolute Gasteiger partial charge is 0.255 e. The van der Waals surface area contributed by atoms with Gasteiger partial charge in [-0.15, -0.1) is 0 Å². The van der Waals surface area contributed by atoms with Crippen LogP contribution in [0.4, 0.5) is 5.69 Å². The van der Waals surface area contributed by atoms with E-state index in [4.69, 9.17) is 0 Å². The Bertz CT molecular complexity index is 997. The minimum absolute atomic E-state index is 0.0546. The molecular formula is C25H24N2O3. The summed E-state index contributed by atoms with van der Waals surface area (Å²) < 4.78 is 0. The molecule has 0 heterocycles. The number of anilines is 1. The van der Waals surface area contributed by atoms with Crippen LogP contribution in [0.15, 0.2) is 78.9 Å². The molecule has 2 amide bonds.